The smallest absolute Gasteiger partial charge is 0.258 e. The van der Waals surface area contributed by atoms with Gasteiger partial charge in [-0.05, 0) is 30.9 Å². The zero-order valence-corrected chi connectivity index (χ0v) is 12.9. The molecule has 1 heterocycles. The molecule has 0 spiro atoms. The largest absolute Gasteiger partial charge is 0.273 e. The lowest BCUT2D eigenvalue weighted by atomic mass is 10.2. The van der Waals surface area contributed by atoms with Gasteiger partial charge in [-0.1, -0.05) is 12.1 Å². The average Bonchev–Trinajstić information content (AvgIpc) is 2.91. The molecule has 1 N–H and O–H groups in total. The molecule has 21 heavy (non-hydrogen) atoms. The molecule has 0 aliphatic carbocycles. The van der Waals surface area contributed by atoms with Gasteiger partial charge in [0.15, 0.2) is 0 Å². The molecular weight excluding hydrogens is 312 g/mol. The van der Waals surface area contributed by atoms with Crippen molar-refractivity contribution in [2.24, 2.45) is 0 Å². The predicted molar refractivity (Wildman–Crippen MR) is 81.0 cm³/mol. The van der Waals surface area contributed by atoms with Crippen molar-refractivity contribution in [3.8, 4) is 0 Å². The van der Waals surface area contributed by atoms with Crippen LogP contribution in [0.1, 0.15) is 10.4 Å². The first-order chi connectivity index (χ1) is 9.92. The topological polar surface area (TPSA) is 89.3 Å². The quantitative estimate of drug-likeness (QED) is 0.652. The van der Waals surface area contributed by atoms with Gasteiger partial charge in [0.25, 0.3) is 5.69 Å². The summed E-state index contributed by atoms with van der Waals surface area (Å²) in [6.07, 6.45) is 0.588. The highest BCUT2D eigenvalue weighted by atomic mass is 32.2. The molecule has 0 aliphatic heterocycles. The van der Waals surface area contributed by atoms with Gasteiger partial charge in [0.2, 0.25) is 10.0 Å². The minimum atomic E-state index is -3.75. The third-order valence-corrected chi connectivity index (χ3v) is 5.53. The van der Waals surface area contributed by atoms with Crippen LogP contribution in [0.5, 0.6) is 0 Å². The van der Waals surface area contributed by atoms with Crippen LogP contribution in [0.2, 0.25) is 0 Å². The van der Waals surface area contributed by atoms with E-state index in [2.05, 4.69) is 4.72 Å². The van der Waals surface area contributed by atoms with Crippen molar-refractivity contribution in [2.45, 2.75) is 18.2 Å². The molecule has 1 aromatic heterocycles. The summed E-state index contributed by atoms with van der Waals surface area (Å²) < 4.78 is 26.9. The number of hydrogen-bond donors (Lipinski definition) is 1. The zero-order valence-electron chi connectivity index (χ0n) is 11.3. The van der Waals surface area contributed by atoms with E-state index in [0.717, 1.165) is 4.88 Å². The standard InChI is InChI=1S/C13H14N2O4S2/c1-10-12(15(16)17)5-2-6-13(10)21(18,19)14-8-7-11-4-3-9-20-11/h2-6,9,14H,7-8H2,1H3. The Labute approximate surface area is 126 Å². The van der Waals surface area contributed by atoms with E-state index in [0.29, 0.717) is 6.42 Å². The molecule has 0 unspecified atom stereocenters. The van der Waals surface area contributed by atoms with Crippen molar-refractivity contribution in [2.75, 3.05) is 6.54 Å². The van der Waals surface area contributed by atoms with Gasteiger partial charge in [-0.15, -0.1) is 11.3 Å². The van der Waals surface area contributed by atoms with Gasteiger partial charge in [0.05, 0.1) is 9.82 Å². The molecule has 0 radical (unpaired) electrons. The summed E-state index contributed by atoms with van der Waals surface area (Å²) in [5, 5.41) is 12.8. The molecule has 0 aliphatic rings. The van der Waals surface area contributed by atoms with Crippen LogP contribution in [0.15, 0.2) is 40.6 Å². The third-order valence-electron chi connectivity index (χ3n) is 2.99. The first-order valence-electron chi connectivity index (χ1n) is 6.18. The second-order valence-corrected chi connectivity index (χ2v) is 7.15. The minimum absolute atomic E-state index is 0.0529. The molecule has 0 amide bonds. The highest BCUT2D eigenvalue weighted by Gasteiger charge is 2.22. The Hall–Kier alpha value is -1.77. The Balaban J connectivity index is 2.16. The van der Waals surface area contributed by atoms with Crippen LogP contribution < -0.4 is 4.72 Å². The number of nitro groups is 1. The number of thiophene rings is 1. The van der Waals surface area contributed by atoms with E-state index in [9.17, 15) is 18.5 Å². The van der Waals surface area contributed by atoms with Crippen LogP contribution in [0.25, 0.3) is 0 Å². The van der Waals surface area contributed by atoms with Gasteiger partial charge in [0.1, 0.15) is 0 Å². The molecular formula is C13H14N2O4S2. The van der Waals surface area contributed by atoms with Gasteiger partial charge in [-0.2, -0.15) is 0 Å². The second kappa shape index (κ2) is 6.33. The summed E-state index contributed by atoms with van der Waals surface area (Å²) >= 11 is 1.55. The highest BCUT2D eigenvalue weighted by Crippen LogP contribution is 2.24. The number of nitrogens with zero attached hydrogens (tertiary/aromatic N) is 1. The molecule has 0 saturated carbocycles. The zero-order chi connectivity index (χ0) is 15.5. The molecule has 2 aromatic rings. The highest BCUT2D eigenvalue weighted by molar-refractivity contribution is 7.89. The molecule has 0 bridgehead atoms. The van der Waals surface area contributed by atoms with Crippen molar-refractivity contribution in [3.05, 3.63) is 56.3 Å². The SMILES string of the molecule is Cc1c([N+](=O)[O-])cccc1S(=O)(=O)NCCc1cccs1. The molecule has 1 aromatic carbocycles. The molecule has 2 rings (SSSR count). The van der Waals surface area contributed by atoms with Crippen molar-refractivity contribution in [1.29, 1.82) is 0 Å². The van der Waals surface area contributed by atoms with Crippen molar-refractivity contribution >= 4 is 27.0 Å². The molecule has 0 fully saturated rings. The van der Waals surface area contributed by atoms with E-state index in [-0.39, 0.29) is 22.7 Å². The fourth-order valence-corrected chi connectivity index (χ4v) is 3.93. The maximum Gasteiger partial charge on any atom is 0.273 e. The lowest BCUT2D eigenvalue weighted by molar-refractivity contribution is -0.385. The van der Waals surface area contributed by atoms with Crippen molar-refractivity contribution < 1.29 is 13.3 Å². The predicted octanol–water partition coefficient (Wildman–Crippen LogP) is 2.49. The summed E-state index contributed by atoms with van der Waals surface area (Å²) in [4.78, 5) is 11.3. The number of nitro benzene ring substituents is 1. The number of sulfonamides is 1. The first-order valence-corrected chi connectivity index (χ1v) is 8.54. The average molecular weight is 326 g/mol. The Morgan fingerprint density at radius 3 is 2.67 bits per heavy atom. The summed E-state index contributed by atoms with van der Waals surface area (Å²) in [5.74, 6) is 0. The summed E-state index contributed by atoms with van der Waals surface area (Å²) in [5.41, 5.74) is -0.0535. The van der Waals surface area contributed by atoms with Crippen LogP contribution in [0.4, 0.5) is 5.69 Å². The second-order valence-electron chi connectivity index (χ2n) is 4.38. The molecule has 112 valence electrons. The van der Waals surface area contributed by atoms with Gasteiger partial charge in [-0.25, -0.2) is 13.1 Å². The van der Waals surface area contributed by atoms with E-state index in [4.69, 9.17) is 0 Å². The number of rotatable bonds is 6. The number of nitrogens with one attached hydrogen (secondary N) is 1. The van der Waals surface area contributed by atoms with Crippen molar-refractivity contribution in [3.63, 3.8) is 0 Å². The number of benzene rings is 1. The van der Waals surface area contributed by atoms with E-state index >= 15 is 0 Å². The molecule has 0 saturated heterocycles. The molecule has 0 atom stereocenters. The monoisotopic (exact) mass is 326 g/mol. The van der Waals surface area contributed by atoms with Crippen LogP contribution in [-0.4, -0.2) is 19.9 Å². The first kappa shape index (κ1) is 15.6. The normalized spacial score (nSPS) is 11.5. The maximum absolute atomic E-state index is 12.2. The van der Waals surface area contributed by atoms with Crippen molar-refractivity contribution in [1.82, 2.24) is 4.72 Å². The minimum Gasteiger partial charge on any atom is -0.258 e. The van der Waals surface area contributed by atoms with E-state index in [1.165, 1.54) is 25.1 Å². The van der Waals surface area contributed by atoms with Crippen LogP contribution in [0.3, 0.4) is 0 Å². The maximum atomic E-state index is 12.2. The van der Waals surface area contributed by atoms with Gasteiger partial charge in [-0.3, -0.25) is 10.1 Å². The Morgan fingerprint density at radius 1 is 1.29 bits per heavy atom. The van der Waals surface area contributed by atoms with Crippen LogP contribution >= 0.6 is 11.3 Å². The number of hydrogen-bond acceptors (Lipinski definition) is 5. The Kier molecular flexibility index (Phi) is 4.71. The Bertz CT molecular complexity index is 740. The van der Waals surface area contributed by atoms with Crippen LogP contribution in [0, 0.1) is 17.0 Å². The van der Waals surface area contributed by atoms with Crippen LogP contribution in [-0.2, 0) is 16.4 Å². The van der Waals surface area contributed by atoms with E-state index in [1.54, 1.807) is 11.3 Å². The third kappa shape index (κ3) is 3.66. The van der Waals surface area contributed by atoms with Gasteiger partial charge < -0.3 is 0 Å². The van der Waals surface area contributed by atoms with E-state index < -0.39 is 14.9 Å². The summed E-state index contributed by atoms with van der Waals surface area (Å²) in [6.45, 7) is 1.69. The lowest BCUT2D eigenvalue weighted by Gasteiger charge is -2.09. The van der Waals surface area contributed by atoms with Gasteiger partial charge >= 0.3 is 0 Å². The van der Waals surface area contributed by atoms with Gasteiger partial charge in [0, 0.05) is 23.1 Å². The molecule has 6 nitrogen and oxygen atoms in total. The fraction of sp³-hybridized carbons (Fsp3) is 0.231. The van der Waals surface area contributed by atoms with E-state index in [1.807, 2.05) is 17.5 Å². The molecule has 8 heteroatoms. The fourth-order valence-electron chi connectivity index (χ4n) is 1.93. The summed E-state index contributed by atoms with van der Waals surface area (Å²) in [7, 11) is -3.75. The Morgan fingerprint density at radius 2 is 2.05 bits per heavy atom. The summed E-state index contributed by atoms with van der Waals surface area (Å²) in [6, 6.07) is 7.87. The lowest BCUT2D eigenvalue weighted by Crippen LogP contribution is -2.26.